The molecule has 3 aromatic rings. The Hall–Kier alpha value is -4.30. The normalized spacial score (nSPS) is 12.6. The molecule has 0 aromatic heterocycles. The van der Waals surface area contributed by atoms with E-state index in [1.807, 2.05) is 54.7 Å². The van der Waals surface area contributed by atoms with Crippen molar-refractivity contribution in [1.29, 1.82) is 0 Å². The molecular weight excluding hydrogens is 482 g/mol. The molecule has 3 aromatic carbocycles. The highest BCUT2D eigenvalue weighted by atomic mass is 16.5. The van der Waals surface area contributed by atoms with Crippen molar-refractivity contribution in [2.24, 2.45) is 0 Å². The molecule has 1 aliphatic heterocycles. The van der Waals surface area contributed by atoms with Crippen LogP contribution in [0.4, 0.5) is 5.69 Å². The lowest BCUT2D eigenvalue weighted by molar-refractivity contribution is -0.131. The van der Waals surface area contributed by atoms with Gasteiger partial charge in [0.05, 0.1) is 25.4 Å². The molecule has 1 unspecified atom stereocenters. The molecule has 197 valence electrons. The van der Waals surface area contributed by atoms with Crippen LogP contribution in [0.2, 0.25) is 0 Å². The zero-order valence-corrected chi connectivity index (χ0v) is 21.6. The Kier molecular flexibility index (Phi) is 9.00. The molecule has 8 nitrogen and oxygen atoms in total. The lowest BCUT2D eigenvalue weighted by Crippen LogP contribution is -2.46. The molecule has 0 fully saturated rings. The quantitative estimate of drug-likeness (QED) is 0.383. The van der Waals surface area contributed by atoms with Crippen molar-refractivity contribution in [1.82, 2.24) is 15.5 Å². The highest BCUT2D eigenvalue weighted by Crippen LogP contribution is 2.33. The first-order chi connectivity index (χ1) is 18.5. The van der Waals surface area contributed by atoms with Crippen molar-refractivity contribution in [2.45, 2.75) is 32.5 Å². The van der Waals surface area contributed by atoms with Crippen LogP contribution in [0.5, 0.6) is 11.5 Å². The van der Waals surface area contributed by atoms with E-state index in [1.165, 1.54) is 6.92 Å². The summed E-state index contributed by atoms with van der Waals surface area (Å²) in [4.78, 5) is 27.4. The van der Waals surface area contributed by atoms with Gasteiger partial charge in [-0.05, 0) is 30.2 Å². The van der Waals surface area contributed by atoms with Gasteiger partial charge in [0.15, 0.2) is 6.61 Å². The van der Waals surface area contributed by atoms with Gasteiger partial charge in [0.2, 0.25) is 5.91 Å². The average Bonchev–Trinajstić information content (AvgIpc) is 3.34. The molecule has 2 amide bonds. The van der Waals surface area contributed by atoms with E-state index in [0.717, 1.165) is 22.4 Å². The van der Waals surface area contributed by atoms with Gasteiger partial charge < -0.3 is 24.8 Å². The van der Waals surface area contributed by atoms with Crippen molar-refractivity contribution >= 4 is 23.1 Å². The van der Waals surface area contributed by atoms with Gasteiger partial charge in [0.1, 0.15) is 11.5 Å². The van der Waals surface area contributed by atoms with Crippen LogP contribution in [-0.4, -0.2) is 48.1 Å². The zero-order valence-electron chi connectivity index (χ0n) is 21.6. The van der Waals surface area contributed by atoms with Crippen LogP contribution in [0.25, 0.3) is 5.57 Å². The number of hydrogen-bond donors (Lipinski definition) is 2. The van der Waals surface area contributed by atoms with Crippen LogP contribution in [0, 0.1) is 0 Å². The van der Waals surface area contributed by atoms with Crippen LogP contribution < -0.4 is 20.1 Å². The topological polar surface area (TPSA) is 102 Å². The van der Waals surface area contributed by atoms with E-state index < -0.39 is 6.04 Å². The van der Waals surface area contributed by atoms with Crippen molar-refractivity contribution in [3.8, 4) is 11.5 Å². The number of para-hydroxylation sites is 3. The molecule has 0 bridgehead atoms. The van der Waals surface area contributed by atoms with Gasteiger partial charge >= 0.3 is 0 Å². The number of rotatable bonds is 12. The third-order valence-electron chi connectivity index (χ3n) is 6.38. The number of aliphatic hydroxyl groups is 1. The molecule has 2 N–H and O–H groups in total. The van der Waals surface area contributed by atoms with E-state index in [2.05, 4.69) is 10.6 Å². The Morgan fingerprint density at radius 2 is 1.66 bits per heavy atom. The SMILES string of the molecule is COc1ccccc1CN(CC(CC1=C[N]c2ccccc21)NC(=O)COc1ccccc1CO)C(C)=O. The number of hydrogen-bond acceptors (Lipinski definition) is 5. The summed E-state index contributed by atoms with van der Waals surface area (Å²) >= 11 is 0. The molecule has 1 heterocycles. The monoisotopic (exact) mass is 514 g/mol. The number of carbonyl (C=O) groups is 2. The Labute approximate surface area is 222 Å². The summed E-state index contributed by atoms with van der Waals surface area (Å²) in [5.74, 6) is 0.706. The number of benzene rings is 3. The summed E-state index contributed by atoms with van der Waals surface area (Å²) in [6.45, 7) is 1.73. The van der Waals surface area contributed by atoms with Gasteiger partial charge in [0, 0.05) is 42.9 Å². The average molecular weight is 515 g/mol. The Bertz CT molecular complexity index is 1310. The van der Waals surface area contributed by atoms with Crippen molar-refractivity contribution in [3.05, 3.63) is 95.7 Å². The molecule has 38 heavy (non-hydrogen) atoms. The first kappa shape index (κ1) is 26.8. The number of fused-ring (bicyclic) bond motifs is 1. The highest BCUT2D eigenvalue weighted by Gasteiger charge is 2.24. The van der Waals surface area contributed by atoms with Crippen molar-refractivity contribution < 1.29 is 24.2 Å². The predicted octanol–water partition coefficient (Wildman–Crippen LogP) is 3.78. The maximum Gasteiger partial charge on any atom is 0.258 e. The van der Waals surface area contributed by atoms with Crippen molar-refractivity contribution in [3.63, 3.8) is 0 Å². The smallest absolute Gasteiger partial charge is 0.258 e. The predicted molar refractivity (Wildman–Crippen MR) is 145 cm³/mol. The first-order valence-corrected chi connectivity index (χ1v) is 12.5. The molecule has 0 saturated heterocycles. The standard InChI is InChI=1S/C30H32N3O5/c1-21(35)33(17-22-9-3-7-13-28(22)37-2)18-25(15-24-16-31-27-12-6-5-11-26(24)27)32-30(36)20-38-29-14-8-4-10-23(29)19-34/h3-14,16,25,34H,15,17-20H2,1-2H3,(H,32,36). The summed E-state index contributed by atoms with van der Waals surface area (Å²) in [5.41, 5.74) is 4.36. The minimum Gasteiger partial charge on any atom is -0.496 e. The second-order valence-electron chi connectivity index (χ2n) is 9.04. The Balaban J connectivity index is 1.50. The van der Waals surface area contributed by atoms with Crippen LogP contribution in [-0.2, 0) is 22.7 Å². The van der Waals surface area contributed by atoms with Gasteiger partial charge in [-0.2, -0.15) is 0 Å². The maximum atomic E-state index is 13.0. The van der Waals surface area contributed by atoms with Crippen LogP contribution >= 0.6 is 0 Å². The van der Waals surface area contributed by atoms with E-state index in [-0.39, 0.29) is 31.6 Å². The second kappa shape index (κ2) is 12.8. The lowest BCUT2D eigenvalue weighted by atomic mass is 9.99. The molecule has 1 atom stereocenters. The van der Waals surface area contributed by atoms with E-state index in [4.69, 9.17) is 9.47 Å². The van der Waals surface area contributed by atoms with Gasteiger partial charge in [-0.3, -0.25) is 14.9 Å². The summed E-state index contributed by atoms with van der Waals surface area (Å²) in [6, 6.07) is 22.0. The molecular formula is C30H32N3O5. The van der Waals surface area contributed by atoms with E-state index in [0.29, 0.717) is 30.0 Å². The Morgan fingerprint density at radius 3 is 2.39 bits per heavy atom. The molecule has 0 aliphatic carbocycles. The van der Waals surface area contributed by atoms with Crippen molar-refractivity contribution in [2.75, 3.05) is 20.3 Å². The summed E-state index contributed by atoms with van der Waals surface area (Å²) in [6.07, 6.45) is 2.30. The lowest BCUT2D eigenvalue weighted by Gasteiger charge is -2.28. The summed E-state index contributed by atoms with van der Waals surface area (Å²) < 4.78 is 11.2. The first-order valence-electron chi connectivity index (χ1n) is 12.5. The third kappa shape index (κ3) is 6.72. The molecule has 0 saturated carbocycles. The Morgan fingerprint density at radius 1 is 0.974 bits per heavy atom. The molecule has 8 heteroatoms. The van der Waals surface area contributed by atoms with E-state index >= 15 is 0 Å². The summed E-state index contributed by atoms with van der Waals surface area (Å²) in [7, 11) is 1.60. The fourth-order valence-electron chi connectivity index (χ4n) is 4.46. The maximum absolute atomic E-state index is 13.0. The highest BCUT2D eigenvalue weighted by molar-refractivity contribution is 5.81. The number of aliphatic hydroxyl groups excluding tert-OH is 1. The van der Waals surface area contributed by atoms with Gasteiger partial charge in [-0.15, -0.1) is 0 Å². The number of carbonyl (C=O) groups excluding carboxylic acids is 2. The van der Waals surface area contributed by atoms with Crippen LogP contribution in [0.1, 0.15) is 30.0 Å². The van der Waals surface area contributed by atoms with E-state index in [1.54, 1.807) is 36.3 Å². The summed E-state index contributed by atoms with van der Waals surface area (Å²) in [5, 5.41) is 17.1. The van der Waals surface area contributed by atoms with E-state index in [9.17, 15) is 14.7 Å². The number of nitrogens with one attached hydrogen (secondary N) is 1. The largest absolute Gasteiger partial charge is 0.496 e. The minimum absolute atomic E-state index is 0.117. The number of ether oxygens (including phenoxy) is 2. The fraction of sp³-hybridized carbons (Fsp3) is 0.267. The van der Waals surface area contributed by atoms with Crippen LogP contribution in [0.3, 0.4) is 0 Å². The number of amides is 2. The van der Waals surface area contributed by atoms with Gasteiger partial charge in [-0.1, -0.05) is 54.6 Å². The minimum atomic E-state index is -0.398. The number of methoxy groups -OCH3 is 1. The second-order valence-corrected chi connectivity index (χ2v) is 9.04. The molecule has 0 spiro atoms. The fourth-order valence-corrected chi connectivity index (χ4v) is 4.46. The molecule has 4 rings (SSSR count). The third-order valence-corrected chi connectivity index (χ3v) is 6.38. The molecule has 1 radical (unpaired) electrons. The van der Waals surface area contributed by atoms with Crippen LogP contribution in [0.15, 0.2) is 79.0 Å². The molecule has 1 aliphatic rings. The van der Waals surface area contributed by atoms with Gasteiger partial charge in [0.25, 0.3) is 5.91 Å². The number of nitrogens with zero attached hydrogens (tertiary/aromatic N) is 2. The van der Waals surface area contributed by atoms with Gasteiger partial charge in [-0.25, -0.2) is 0 Å². The zero-order chi connectivity index (χ0) is 26.9.